The van der Waals surface area contributed by atoms with E-state index in [1.807, 2.05) is 18.2 Å². The predicted octanol–water partition coefficient (Wildman–Crippen LogP) is 2.65. The van der Waals surface area contributed by atoms with Crippen molar-refractivity contribution in [3.8, 4) is 0 Å². The number of anilines is 1. The molecule has 0 aliphatic rings. The van der Waals surface area contributed by atoms with Crippen molar-refractivity contribution in [1.82, 2.24) is 14.8 Å². The van der Waals surface area contributed by atoms with Crippen LogP contribution in [-0.4, -0.2) is 23.2 Å². The first-order valence-electron chi connectivity index (χ1n) is 7.13. The number of fused-ring (bicyclic) bond motifs is 1. The maximum absolute atomic E-state index is 12.6. The summed E-state index contributed by atoms with van der Waals surface area (Å²) in [5, 5.41) is 4.98. The van der Waals surface area contributed by atoms with Crippen LogP contribution in [0.5, 0.6) is 0 Å². The lowest BCUT2D eigenvalue weighted by Gasteiger charge is -2.06. The number of aromatic amines is 1. The molecule has 2 heterocycles. The van der Waals surface area contributed by atoms with E-state index >= 15 is 0 Å². The van der Waals surface area contributed by atoms with Gasteiger partial charge in [-0.15, -0.1) is 0 Å². The first kappa shape index (κ1) is 14.6. The van der Waals surface area contributed by atoms with E-state index in [9.17, 15) is 8.42 Å². The van der Waals surface area contributed by atoms with E-state index < -0.39 is 10.0 Å². The predicted molar refractivity (Wildman–Crippen MR) is 86.3 cm³/mol. The van der Waals surface area contributed by atoms with Gasteiger partial charge in [-0.05, 0) is 12.5 Å². The molecule has 0 saturated heterocycles. The van der Waals surface area contributed by atoms with Gasteiger partial charge in [0.15, 0.2) is 0 Å². The second-order valence-electron chi connectivity index (χ2n) is 5.20. The summed E-state index contributed by atoms with van der Waals surface area (Å²) in [6.45, 7) is 2.06. The van der Waals surface area contributed by atoms with Crippen LogP contribution < -0.4 is 4.72 Å². The number of rotatable bonds is 5. The van der Waals surface area contributed by atoms with E-state index in [0.717, 1.165) is 24.1 Å². The Hall–Kier alpha value is -2.28. The van der Waals surface area contributed by atoms with Gasteiger partial charge in [0, 0.05) is 30.2 Å². The maximum Gasteiger partial charge on any atom is 0.265 e. The van der Waals surface area contributed by atoms with Gasteiger partial charge in [-0.25, -0.2) is 8.42 Å². The number of aryl methyl sites for hydroxylation is 2. The third-order valence-electron chi connectivity index (χ3n) is 3.52. The van der Waals surface area contributed by atoms with Crippen LogP contribution in [0.1, 0.15) is 19.0 Å². The first-order chi connectivity index (χ1) is 10.5. The fourth-order valence-corrected chi connectivity index (χ4v) is 3.72. The normalized spacial score (nSPS) is 11.9. The van der Waals surface area contributed by atoms with Crippen molar-refractivity contribution < 1.29 is 8.42 Å². The van der Waals surface area contributed by atoms with Crippen molar-refractivity contribution in [2.45, 2.75) is 24.7 Å². The van der Waals surface area contributed by atoms with E-state index in [4.69, 9.17) is 0 Å². The summed E-state index contributed by atoms with van der Waals surface area (Å²) in [7, 11) is -1.93. The number of para-hydroxylation sites is 1. The van der Waals surface area contributed by atoms with Crippen LogP contribution in [0.15, 0.2) is 41.4 Å². The van der Waals surface area contributed by atoms with Crippen molar-refractivity contribution in [2.75, 3.05) is 4.72 Å². The highest BCUT2D eigenvalue weighted by atomic mass is 32.2. The van der Waals surface area contributed by atoms with Gasteiger partial charge in [-0.2, -0.15) is 5.10 Å². The molecule has 0 aliphatic heterocycles. The molecule has 3 rings (SSSR count). The molecule has 0 bridgehead atoms. The number of hydrogen-bond donors (Lipinski definition) is 2. The van der Waals surface area contributed by atoms with Gasteiger partial charge in [0.1, 0.15) is 10.7 Å². The minimum atomic E-state index is -3.66. The summed E-state index contributed by atoms with van der Waals surface area (Å²) in [5.74, 6) is 0.466. The van der Waals surface area contributed by atoms with Crippen molar-refractivity contribution in [3.05, 3.63) is 42.2 Å². The van der Waals surface area contributed by atoms with Gasteiger partial charge in [0.05, 0.1) is 5.69 Å². The molecule has 2 N–H and O–H groups in total. The third-order valence-corrected chi connectivity index (χ3v) is 4.91. The number of aromatic nitrogens is 3. The van der Waals surface area contributed by atoms with Crippen LogP contribution in [-0.2, 0) is 23.5 Å². The number of sulfonamides is 1. The molecule has 0 atom stereocenters. The van der Waals surface area contributed by atoms with Crippen LogP contribution >= 0.6 is 0 Å². The molecule has 0 amide bonds. The summed E-state index contributed by atoms with van der Waals surface area (Å²) in [5.41, 5.74) is 1.67. The number of nitrogens with zero attached hydrogens (tertiary/aromatic N) is 2. The van der Waals surface area contributed by atoms with Gasteiger partial charge in [0.25, 0.3) is 10.0 Å². The largest absolute Gasteiger partial charge is 0.360 e. The highest BCUT2D eigenvalue weighted by Crippen LogP contribution is 2.24. The van der Waals surface area contributed by atoms with E-state index in [1.165, 1.54) is 6.20 Å². The molecule has 3 aromatic rings. The second-order valence-corrected chi connectivity index (χ2v) is 6.85. The Balaban J connectivity index is 1.97. The van der Waals surface area contributed by atoms with E-state index in [1.54, 1.807) is 23.9 Å². The molecule has 22 heavy (non-hydrogen) atoms. The SMILES string of the molecule is CCCc1cc(NS(=O)(=O)c2c[nH]c3ccccc23)n(C)n1. The summed E-state index contributed by atoms with van der Waals surface area (Å²) in [4.78, 5) is 3.22. The lowest BCUT2D eigenvalue weighted by atomic mass is 10.2. The number of hydrogen-bond acceptors (Lipinski definition) is 3. The average molecular weight is 318 g/mol. The van der Waals surface area contributed by atoms with Crippen molar-refractivity contribution in [1.29, 1.82) is 0 Å². The average Bonchev–Trinajstić information content (AvgIpc) is 3.04. The molecule has 116 valence electrons. The molecule has 0 unspecified atom stereocenters. The zero-order chi connectivity index (χ0) is 15.7. The van der Waals surface area contributed by atoms with E-state index in [2.05, 4.69) is 21.7 Å². The van der Waals surface area contributed by atoms with Crippen LogP contribution in [0, 0.1) is 0 Å². The van der Waals surface area contributed by atoms with Gasteiger partial charge in [0.2, 0.25) is 0 Å². The maximum atomic E-state index is 12.6. The van der Waals surface area contributed by atoms with Crippen LogP contribution in [0.4, 0.5) is 5.82 Å². The highest BCUT2D eigenvalue weighted by molar-refractivity contribution is 7.93. The molecule has 1 aromatic carbocycles. The smallest absolute Gasteiger partial charge is 0.265 e. The van der Waals surface area contributed by atoms with Crippen molar-refractivity contribution in [3.63, 3.8) is 0 Å². The molecule has 0 aliphatic carbocycles. The fraction of sp³-hybridized carbons (Fsp3) is 0.267. The lowest BCUT2D eigenvalue weighted by molar-refractivity contribution is 0.601. The Morgan fingerprint density at radius 3 is 2.86 bits per heavy atom. The zero-order valence-corrected chi connectivity index (χ0v) is 13.3. The first-order valence-corrected chi connectivity index (χ1v) is 8.61. The van der Waals surface area contributed by atoms with E-state index in [-0.39, 0.29) is 4.90 Å². The summed E-state index contributed by atoms with van der Waals surface area (Å²) in [6, 6.07) is 9.08. The molecular formula is C15H18N4O2S. The Morgan fingerprint density at radius 1 is 1.32 bits per heavy atom. The van der Waals surface area contributed by atoms with Gasteiger partial charge in [-0.1, -0.05) is 31.5 Å². The second kappa shape index (κ2) is 5.49. The number of H-pyrrole nitrogens is 1. The topological polar surface area (TPSA) is 79.8 Å². The Labute approximate surface area is 129 Å². The van der Waals surface area contributed by atoms with Crippen molar-refractivity contribution in [2.24, 2.45) is 7.05 Å². The van der Waals surface area contributed by atoms with Crippen LogP contribution in [0.3, 0.4) is 0 Å². The third kappa shape index (κ3) is 2.59. The quantitative estimate of drug-likeness (QED) is 0.759. The van der Waals surface area contributed by atoms with Gasteiger partial charge >= 0.3 is 0 Å². The zero-order valence-electron chi connectivity index (χ0n) is 12.5. The molecule has 7 heteroatoms. The van der Waals surface area contributed by atoms with Gasteiger partial charge in [-0.3, -0.25) is 9.40 Å². The minimum absolute atomic E-state index is 0.237. The Morgan fingerprint density at radius 2 is 2.09 bits per heavy atom. The number of benzene rings is 1. The Kier molecular flexibility index (Phi) is 3.66. The van der Waals surface area contributed by atoms with E-state index in [0.29, 0.717) is 11.2 Å². The summed E-state index contributed by atoms with van der Waals surface area (Å²) >= 11 is 0. The van der Waals surface area contributed by atoms with Crippen molar-refractivity contribution >= 4 is 26.7 Å². The monoisotopic (exact) mass is 318 g/mol. The molecule has 0 radical (unpaired) electrons. The molecule has 0 fully saturated rings. The van der Waals surface area contributed by atoms with Crippen LogP contribution in [0.25, 0.3) is 10.9 Å². The van der Waals surface area contributed by atoms with Gasteiger partial charge < -0.3 is 4.98 Å². The standard InChI is InChI=1S/C15H18N4O2S/c1-3-6-11-9-15(19(2)17-11)18-22(20,21)14-10-16-13-8-5-4-7-12(13)14/h4-5,7-10,16,18H,3,6H2,1-2H3. The fourth-order valence-electron chi connectivity index (χ4n) is 2.46. The molecule has 2 aromatic heterocycles. The molecule has 0 saturated carbocycles. The minimum Gasteiger partial charge on any atom is -0.360 e. The number of nitrogens with one attached hydrogen (secondary N) is 2. The summed E-state index contributed by atoms with van der Waals surface area (Å²) < 4.78 is 29.4. The molecular weight excluding hydrogens is 300 g/mol. The summed E-state index contributed by atoms with van der Waals surface area (Å²) in [6.07, 6.45) is 3.30. The molecule has 6 nitrogen and oxygen atoms in total. The lowest BCUT2D eigenvalue weighted by Crippen LogP contribution is -2.15. The van der Waals surface area contributed by atoms with Crippen LogP contribution in [0.2, 0.25) is 0 Å². The highest BCUT2D eigenvalue weighted by Gasteiger charge is 2.20. The molecule has 0 spiro atoms. The Bertz CT molecular complexity index is 909.